The summed E-state index contributed by atoms with van der Waals surface area (Å²) in [5.74, 6) is -1.35. The van der Waals surface area contributed by atoms with E-state index in [4.69, 9.17) is 47.9 Å². The molecular formula is C77H145NO13. The number of allylic oxidation sites excluding steroid dienone is 8. The first-order valence-electron chi connectivity index (χ1n) is 37.2. The van der Waals surface area contributed by atoms with Gasteiger partial charge in [-0.15, -0.1) is 0 Å². The van der Waals surface area contributed by atoms with Crippen molar-refractivity contribution in [2.45, 2.75) is 325 Å². The highest BCUT2D eigenvalue weighted by atomic mass is 16.7. The van der Waals surface area contributed by atoms with Gasteiger partial charge in [-0.3, -0.25) is 19.2 Å². The lowest BCUT2D eigenvalue weighted by Crippen LogP contribution is -2.29. The minimum Gasteiger partial charge on any atom is -0.483 e. The van der Waals surface area contributed by atoms with Gasteiger partial charge in [-0.1, -0.05) is 239 Å². The van der Waals surface area contributed by atoms with E-state index in [1.54, 1.807) is 0 Å². The molecule has 0 amide bonds. The molecule has 0 rings (SSSR count). The van der Waals surface area contributed by atoms with Crippen LogP contribution < -0.4 is 0 Å². The maximum Gasteiger partial charge on any atom is 0.305 e. The van der Waals surface area contributed by atoms with Gasteiger partial charge in [-0.25, -0.2) is 0 Å². The predicted octanol–water partition coefficient (Wildman–Crippen LogP) is 20.4. The maximum absolute atomic E-state index is 13.4. The second kappa shape index (κ2) is 84.3. The molecule has 1 N–H and O–H groups in total. The summed E-state index contributed by atoms with van der Waals surface area (Å²) in [7, 11) is 0. The Morgan fingerprint density at radius 3 is 1.08 bits per heavy atom. The van der Waals surface area contributed by atoms with Crippen molar-refractivity contribution in [3.05, 3.63) is 48.6 Å². The second-order valence-corrected chi connectivity index (χ2v) is 24.0. The minimum absolute atomic E-state index is 0.0484. The molecule has 14 heteroatoms. The van der Waals surface area contributed by atoms with E-state index >= 15 is 0 Å². The maximum atomic E-state index is 13.4. The zero-order chi connectivity index (χ0) is 67.8. The molecule has 0 radical (unpaired) electrons. The SMILES string of the molecule is CC=O.CCC.CCCCC/C=C\C/C=C\CCCCCCCC(=O)OCC(COCCCN(CC)CC)COCC(COC(=O)CCCCCCC/C=C\C/C=C\CCCCC)COC(=O)CCC(OCCCCCCCC)OCCCCCCCC.O=CO. The average Bonchev–Trinajstić information content (AvgIpc) is 3.75. The minimum atomic E-state index is -0.459. The van der Waals surface area contributed by atoms with E-state index in [1.807, 2.05) is 0 Å². The van der Waals surface area contributed by atoms with Crippen LogP contribution in [0.3, 0.4) is 0 Å². The van der Waals surface area contributed by atoms with E-state index in [0.29, 0.717) is 45.7 Å². The Morgan fingerprint density at radius 1 is 0.385 bits per heavy atom. The van der Waals surface area contributed by atoms with E-state index in [0.717, 1.165) is 141 Å². The predicted molar refractivity (Wildman–Crippen MR) is 381 cm³/mol. The Kier molecular flexibility index (Phi) is 86.8. The van der Waals surface area contributed by atoms with Crippen molar-refractivity contribution in [1.82, 2.24) is 4.90 Å². The molecule has 0 heterocycles. The van der Waals surface area contributed by atoms with Crippen LogP contribution in [0.1, 0.15) is 319 Å². The van der Waals surface area contributed by atoms with E-state index in [9.17, 15) is 14.4 Å². The first-order chi connectivity index (χ1) is 44.6. The summed E-state index contributed by atoms with van der Waals surface area (Å²) in [6.07, 6.45) is 60.9. The van der Waals surface area contributed by atoms with E-state index in [-0.39, 0.29) is 75.7 Å². The fourth-order valence-corrected chi connectivity index (χ4v) is 9.53. The molecule has 0 saturated carbocycles. The van der Waals surface area contributed by atoms with Crippen molar-refractivity contribution < 1.29 is 62.2 Å². The smallest absolute Gasteiger partial charge is 0.305 e. The van der Waals surface area contributed by atoms with Crippen LogP contribution in [0, 0.1) is 11.8 Å². The Bertz CT molecular complexity index is 1580. The number of hydrogen-bond donors (Lipinski definition) is 1. The molecule has 0 aromatic heterocycles. The molecule has 0 aromatic rings. The number of ether oxygens (including phenoxy) is 7. The highest BCUT2D eigenvalue weighted by molar-refractivity contribution is 5.70. The van der Waals surface area contributed by atoms with Gasteiger partial charge in [-0.05, 0) is 116 Å². The van der Waals surface area contributed by atoms with Crippen LogP contribution in [-0.4, -0.2) is 126 Å². The Labute approximate surface area is 560 Å². The van der Waals surface area contributed by atoms with Crippen LogP contribution in [0.4, 0.5) is 0 Å². The average molecular weight is 1290 g/mol. The number of nitrogens with zero attached hydrogens (tertiary/aromatic N) is 1. The second-order valence-electron chi connectivity index (χ2n) is 24.0. The molecule has 0 fully saturated rings. The molecule has 0 bridgehead atoms. The molecule has 14 nitrogen and oxygen atoms in total. The molecular weight excluding hydrogens is 1150 g/mol. The zero-order valence-corrected chi connectivity index (χ0v) is 60.6. The molecule has 0 spiro atoms. The highest BCUT2D eigenvalue weighted by Gasteiger charge is 2.20. The van der Waals surface area contributed by atoms with Crippen molar-refractivity contribution in [3.63, 3.8) is 0 Å². The normalized spacial score (nSPS) is 12.0. The third-order valence-corrected chi connectivity index (χ3v) is 15.0. The fourth-order valence-electron chi connectivity index (χ4n) is 9.53. The van der Waals surface area contributed by atoms with Crippen LogP contribution in [0.25, 0.3) is 0 Å². The Balaban J connectivity index is -0.00000394. The van der Waals surface area contributed by atoms with Crippen molar-refractivity contribution in [2.75, 3.05) is 79.1 Å². The summed E-state index contributed by atoms with van der Waals surface area (Å²) in [6, 6.07) is 0. The van der Waals surface area contributed by atoms with E-state index in [2.05, 4.69) is 109 Å². The fraction of sp³-hybridized carbons (Fsp3) is 0.831. The van der Waals surface area contributed by atoms with Gasteiger partial charge >= 0.3 is 17.9 Å². The number of rotatable bonds is 65. The van der Waals surface area contributed by atoms with Crippen LogP contribution in [-0.2, 0) is 57.1 Å². The van der Waals surface area contributed by atoms with Crippen LogP contribution in [0.2, 0.25) is 0 Å². The topological polar surface area (TPSA) is 173 Å². The van der Waals surface area contributed by atoms with Crippen molar-refractivity contribution in [2.24, 2.45) is 11.8 Å². The lowest BCUT2D eigenvalue weighted by Gasteiger charge is -2.22. The molecule has 2 unspecified atom stereocenters. The van der Waals surface area contributed by atoms with Crippen molar-refractivity contribution >= 4 is 30.7 Å². The summed E-state index contributed by atoms with van der Waals surface area (Å²) in [4.78, 5) is 58.9. The lowest BCUT2D eigenvalue weighted by molar-refractivity contribution is -0.161. The number of carbonyl (C=O) groups is 5. The van der Waals surface area contributed by atoms with Gasteiger partial charge in [0.1, 0.15) is 6.29 Å². The van der Waals surface area contributed by atoms with Crippen molar-refractivity contribution in [1.29, 1.82) is 0 Å². The quantitative estimate of drug-likeness (QED) is 0.0152. The first kappa shape index (κ1) is 93.7. The summed E-state index contributed by atoms with van der Waals surface area (Å²) >= 11 is 0. The number of hydrogen-bond acceptors (Lipinski definition) is 13. The number of unbranched alkanes of at least 4 members (excludes halogenated alkanes) is 26. The van der Waals surface area contributed by atoms with Gasteiger partial charge in [0.25, 0.3) is 6.47 Å². The summed E-state index contributed by atoms with van der Waals surface area (Å²) in [5, 5.41) is 6.89. The molecule has 0 saturated heterocycles. The number of carbonyl (C=O) groups excluding carboxylic acids is 4. The van der Waals surface area contributed by atoms with Gasteiger partial charge in [0.05, 0.1) is 52.0 Å². The number of esters is 3. The van der Waals surface area contributed by atoms with Crippen LogP contribution in [0.15, 0.2) is 48.6 Å². The van der Waals surface area contributed by atoms with Gasteiger partial charge in [0.2, 0.25) is 0 Å². The number of aldehydes is 1. The summed E-state index contributed by atoms with van der Waals surface area (Å²) in [5.41, 5.74) is 0. The lowest BCUT2D eigenvalue weighted by atomic mass is 10.1. The van der Waals surface area contributed by atoms with Crippen molar-refractivity contribution in [3.8, 4) is 0 Å². The largest absolute Gasteiger partial charge is 0.483 e. The number of carboxylic acid groups (broad SMARTS) is 1. The first-order valence-corrected chi connectivity index (χ1v) is 37.2. The van der Waals surface area contributed by atoms with Gasteiger partial charge in [-0.2, -0.15) is 0 Å². The molecule has 0 aliphatic carbocycles. The molecule has 0 aromatic carbocycles. The Hall–Kier alpha value is -3.69. The molecule has 2 atom stereocenters. The van der Waals surface area contributed by atoms with Gasteiger partial charge < -0.3 is 48.0 Å². The van der Waals surface area contributed by atoms with E-state index < -0.39 is 6.29 Å². The third kappa shape index (κ3) is 82.4. The highest BCUT2D eigenvalue weighted by Crippen LogP contribution is 2.16. The monoisotopic (exact) mass is 1290 g/mol. The van der Waals surface area contributed by atoms with Crippen LogP contribution in [0.5, 0.6) is 0 Å². The van der Waals surface area contributed by atoms with Gasteiger partial charge in [0.15, 0.2) is 6.29 Å². The molecule has 0 aliphatic heterocycles. The molecule has 0 aliphatic rings. The third-order valence-electron chi connectivity index (χ3n) is 15.0. The summed E-state index contributed by atoms with van der Waals surface area (Å²) < 4.78 is 42.4. The van der Waals surface area contributed by atoms with Crippen LogP contribution >= 0.6 is 0 Å². The Morgan fingerprint density at radius 2 is 0.692 bits per heavy atom. The van der Waals surface area contributed by atoms with E-state index in [1.165, 1.54) is 122 Å². The molecule has 91 heavy (non-hydrogen) atoms. The molecule has 536 valence electrons. The van der Waals surface area contributed by atoms with Gasteiger partial charge in [0, 0.05) is 51.5 Å². The summed E-state index contributed by atoms with van der Waals surface area (Å²) in [6.45, 7) is 24.7. The standard InChI is InChI=1S/C71H131NO10.C3H8.C2H4O.CH2O2/c1-7-13-17-21-25-27-29-31-33-35-37-39-41-43-47-52-68(73)80-63-66(60-76-57-51-56-72(11-5)12-6)61-77-62-67(64-81-69(74)53-48-44-42-40-38-36-34-32-30-28-26-22-18-14-8-2)65-82-70(75)54-55-71(78-58-49-45-23-19-15-9-3)79-59-50-46-24-20-16-10-4;1-3-2;1-2-3;2-1-3/h25-28,31-34,66-67,71H,7-24,29-30,35-65H2,1-6H3;3H2,1-2H3;2H,1H3;1H,(H,2,3)/b27-25-,28-26-,33-31-,34-32-;;;. The zero-order valence-electron chi connectivity index (χ0n) is 60.6.